The van der Waals surface area contributed by atoms with E-state index in [1.807, 2.05) is 36.6 Å². The predicted octanol–water partition coefficient (Wildman–Crippen LogP) is 3.01. The molecule has 3 rings (SSSR count). The Hall–Kier alpha value is -2.58. The number of rotatable bonds is 3. The monoisotopic (exact) mass is 329 g/mol. The number of imidazole rings is 1. The molecule has 23 heavy (non-hydrogen) atoms. The van der Waals surface area contributed by atoms with Gasteiger partial charge in [-0.1, -0.05) is 6.07 Å². The highest BCUT2D eigenvalue weighted by Crippen LogP contribution is 2.24. The fourth-order valence-electron chi connectivity index (χ4n) is 2.18. The highest BCUT2D eigenvalue weighted by molar-refractivity contribution is 7.89. The lowest BCUT2D eigenvalue weighted by Crippen LogP contribution is -2.11. The van der Waals surface area contributed by atoms with Crippen LogP contribution in [0.25, 0.3) is 5.65 Å². The SMILES string of the molecule is Cc1ccc2nc(C)c(N=Nc3ccc(S(N)(=O)=O)cc3)n2c1. The van der Waals surface area contributed by atoms with Crippen molar-refractivity contribution in [2.45, 2.75) is 18.7 Å². The molecule has 118 valence electrons. The van der Waals surface area contributed by atoms with Crippen molar-refractivity contribution in [2.75, 3.05) is 0 Å². The van der Waals surface area contributed by atoms with Gasteiger partial charge in [-0.25, -0.2) is 18.5 Å². The molecule has 7 nitrogen and oxygen atoms in total. The van der Waals surface area contributed by atoms with E-state index < -0.39 is 10.0 Å². The minimum absolute atomic E-state index is 0.0399. The van der Waals surface area contributed by atoms with Gasteiger partial charge in [0, 0.05) is 6.20 Å². The number of azo groups is 1. The molecule has 1 aromatic carbocycles. The summed E-state index contributed by atoms with van der Waals surface area (Å²) in [5.74, 6) is 0.638. The second-order valence-electron chi connectivity index (χ2n) is 5.19. The maximum atomic E-state index is 11.2. The van der Waals surface area contributed by atoms with Crippen molar-refractivity contribution >= 4 is 27.2 Å². The molecule has 0 fully saturated rings. The van der Waals surface area contributed by atoms with Gasteiger partial charge in [-0.2, -0.15) is 0 Å². The first-order valence-corrected chi connectivity index (χ1v) is 8.39. The number of nitrogens with zero attached hydrogens (tertiary/aromatic N) is 4. The van der Waals surface area contributed by atoms with Crippen molar-refractivity contribution < 1.29 is 8.42 Å². The van der Waals surface area contributed by atoms with E-state index in [0.29, 0.717) is 11.5 Å². The van der Waals surface area contributed by atoms with Crippen molar-refractivity contribution in [3.63, 3.8) is 0 Å². The molecule has 0 saturated carbocycles. The number of fused-ring (bicyclic) bond motifs is 1. The molecule has 0 unspecified atom stereocenters. The van der Waals surface area contributed by atoms with Crippen LogP contribution in [0.15, 0.2) is 57.7 Å². The van der Waals surface area contributed by atoms with Crippen LogP contribution in [-0.4, -0.2) is 17.8 Å². The molecule has 2 aromatic heterocycles. The summed E-state index contributed by atoms with van der Waals surface area (Å²) < 4.78 is 24.3. The Bertz CT molecular complexity index is 1000. The van der Waals surface area contributed by atoms with Crippen LogP contribution in [0.2, 0.25) is 0 Å². The lowest BCUT2D eigenvalue weighted by molar-refractivity contribution is 0.598. The molecule has 2 N–H and O–H groups in total. The van der Waals surface area contributed by atoms with E-state index >= 15 is 0 Å². The molecule has 2 heterocycles. The molecule has 0 bridgehead atoms. The quantitative estimate of drug-likeness (QED) is 0.747. The minimum atomic E-state index is -3.70. The number of aryl methyl sites for hydroxylation is 2. The Morgan fingerprint density at radius 2 is 1.74 bits per heavy atom. The molecule has 3 aromatic rings. The predicted molar refractivity (Wildman–Crippen MR) is 86.7 cm³/mol. The van der Waals surface area contributed by atoms with Crippen molar-refractivity contribution in [3.8, 4) is 0 Å². The number of sulfonamides is 1. The maximum absolute atomic E-state index is 11.2. The van der Waals surface area contributed by atoms with Gasteiger partial charge in [0.2, 0.25) is 10.0 Å². The third-order valence-corrected chi connectivity index (χ3v) is 4.26. The summed E-state index contributed by atoms with van der Waals surface area (Å²) >= 11 is 0. The normalized spacial score (nSPS) is 12.3. The molecule has 0 amide bonds. The van der Waals surface area contributed by atoms with Crippen LogP contribution in [0.3, 0.4) is 0 Å². The first-order chi connectivity index (χ1) is 10.8. The van der Waals surface area contributed by atoms with Crippen LogP contribution in [0.4, 0.5) is 11.5 Å². The van der Waals surface area contributed by atoms with E-state index in [9.17, 15) is 8.42 Å². The van der Waals surface area contributed by atoms with Gasteiger partial charge in [0.15, 0.2) is 5.82 Å². The zero-order valence-electron chi connectivity index (χ0n) is 12.6. The summed E-state index contributed by atoms with van der Waals surface area (Å²) in [4.78, 5) is 4.47. The van der Waals surface area contributed by atoms with E-state index in [1.165, 1.54) is 12.1 Å². The van der Waals surface area contributed by atoms with Crippen molar-refractivity contribution in [2.24, 2.45) is 15.4 Å². The Morgan fingerprint density at radius 1 is 1.04 bits per heavy atom. The Morgan fingerprint density at radius 3 is 2.39 bits per heavy atom. The molecule has 0 saturated heterocycles. The van der Waals surface area contributed by atoms with Gasteiger partial charge in [0.25, 0.3) is 0 Å². The van der Waals surface area contributed by atoms with E-state index in [4.69, 9.17) is 5.14 Å². The van der Waals surface area contributed by atoms with Crippen molar-refractivity contribution in [1.82, 2.24) is 9.38 Å². The zero-order chi connectivity index (χ0) is 16.6. The number of nitrogens with two attached hydrogens (primary N) is 1. The Labute approximate surface area is 133 Å². The molecule has 0 aliphatic rings. The third kappa shape index (κ3) is 3.13. The second-order valence-corrected chi connectivity index (χ2v) is 6.76. The number of primary sulfonamides is 1. The summed E-state index contributed by atoms with van der Waals surface area (Å²) in [6.45, 7) is 3.85. The van der Waals surface area contributed by atoms with Gasteiger partial charge in [-0.05, 0) is 49.7 Å². The largest absolute Gasteiger partial charge is 0.283 e. The van der Waals surface area contributed by atoms with Crippen LogP contribution in [-0.2, 0) is 10.0 Å². The van der Waals surface area contributed by atoms with E-state index in [0.717, 1.165) is 16.9 Å². The molecule has 0 radical (unpaired) electrons. The summed E-state index contributed by atoms with van der Waals surface area (Å²) in [5, 5.41) is 13.4. The van der Waals surface area contributed by atoms with Gasteiger partial charge < -0.3 is 0 Å². The van der Waals surface area contributed by atoms with Crippen LogP contribution in [0, 0.1) is 13.8 Å². The standard InChI is InChI=1S/C15H15N5O2S/c1-10-3-8-14-17-11(2)15(20(14)9-10)19-18-12-4-6-13(7-5-12)23(16,21)22/h3-9H,1-2H3,(H2,16,21,22). The third-order valence-electron chi connectivity index (χ3n) is 3.33. The van der Waals surface area contributed by atoms with Gasteiger partial charge >= 0.3 is 0 Å². The molecule has 0 aliphatic carbocycles. The number of benzene rings is 1. The lowest BCUT2D eigenvalue weighted by Gasteiger charge is -1.99. The Kier molecular flexibility index (Phi) is 3.70. The second kappa shape index (κ2) is 5.56. The van der Waals surface area contributed by atoms with Gasteiger partial charge in [-0.15, -0.1) is 10.2 Å². The molecule has 0 aliphatic heterocycles. The van der Waals surface area contributed by atoms with Crippen LogP contribution < -0.4 is 5.14 Å². The molecule has 0 atom stereocenters. The van der Waals surface area contributed by atoms with E-state index in [-0.39, 0.29) is 4.90 Å². The molecular weight excluding hydrogens is 314 g/mol. The van der Waals surface area contributed by atoms with Crippen molar-refractivity contribution in [3.05, 3.63) is 53.9 Å². The van der Waals surface area contributed by atoms with Gasteiger partial charge in [0.1, 0.15) is 5.65 Å². The fourth-order valence-corrected chi connectivity index (χ4v) is 2.70. The van der Waals surface area contributed by atoms with Gasteiger partial charge in [0.05, 0.1) is 16.3 Å². The average molecular weight is 329 g/mol. The Balaban J connectivity index is 1.97. The number of aromatic nitrogens is 2. The van der Waals surface area contributed by atoms with E-state index in [2.05, 4.69) is 15.2 Å². The van der Waals surface area contributed by atoms with Crippen LogP contribution in [0.1, 0.15) is 11.3 Å². The van der Waals surface area contributed by atoms with Crippen molar-refractivity contribution in [1.29, 1.82) is 0 Å². The lowest BCUT2D eigenvalue weighted by atomic mass is 10.3. The van der Waals surface area contributed by atoms with Crippen LogP contribution in [0.5, 0.6) is 0 Å². The maximum Gasteiger partial charge on any atom is 0.238 e. The number of hydrogen-bond donors (Lipinski definition) is 1. The molecular formula is C15H15N5O2S. The summed E-state index contributed by atoms with van der Waals surface area (Å²) in [5.41, 5.74) is 3.18. The average Bonchev–Trinajstić information content (AvgIpc) is 2.79. The summed E-state index contributed by atoms with van der Waals surface area (Å²) in [6, 6.07) is 9.79. The smallest absolute Gasteiger partial charge is 0.238 e. The summed E-state index contributed by atoms with van der Waals surface area (Å²) in [6.07, 6.45) is 1.94. The fraction of sp³-hybridized carbons (Fsp3) is 0.133. The van der Waals surface area contributed by atoms with E-state index in [1.54, 1.807) is 12.1 Å². The highest BCUT2D eigenvalue weighted by atomic mass is 32.2. The highest BCUT2D eigenvalue weighted by Gasteiger charge is 2.09. The topological polar surface area (TPSA) is 102 Å². The minimum Gasteiger partial charge on any atom is -0.283 e. The molecule has 8 heteroatoms. The first kappa shape index (κ1) is 15.3. The molecule has 0 spiro atoms. The number of pyridine rings is 1. The zero-order valence-corrected chi connectivity index (χ0v) is 13.4. The van der Waals surface area contributed by atoms with Crippen LogP contribution >= 0.6 is 0 Å². The van der Waals surface area contributed by atoms with Gasteiger partial charge in [-0.3, -0.25) is 4.40 Å². The first-order valence-electron chi connectivity index (χ1n) is 6.84. The summed E-state index contributed by atoms with van der Waals surface area (Å²) in [7, 11) is -3.70. The number of hydrogen-bond acceptors (Lipinski definition) is 5.